The van der Waals surface area contributed by atoms with E-state index in [1.807, 2.05) is 45.4 Å². The highest BCUT2D eigenvalue weighted by atomic mass is 32.1. The fourth-order valence-corrected chi connectivity index (χ4v) is 3.94. The van der Waals surface area contributed by atoms with Crippen molar-refractivity contribution >= 4 is 22.4 Å². The van der Waals surface area contributed by atoms with Gasteiger partial charge in [-0.05, 0) is 46.5 Å². The molecular weight excluding hydrogens is 394 g/mol. The van der Waals surface area contributed by atoms with Crippen LogP contribution in [0.4, 0.5) is 11.1 Å². The summed E-state index contributed by atoms with van der Waals surface area (Å²) in [5, 5.41) is 7.60. The van der Waals surface area contributed by atoms with E-state index in [1.165, 1.54) is 0 Å². The van der Waals surface area contributed by atoms with Gasteiger partial charge < -0.3 is 21.3 Å². The lowest BCUT2D eigenvalue weighted by Gasteiger charge is -2.15. The SMILES string of the molecule is CC(C)Nc1ncc(-c2cc(-c3ccccc3C(C)N)nc(NCCN(C)C)n2)s1. The summed E-state index contributed by atoms with van der Waals surface area (Å²) in [6.45, 7) is 7.84. The number of anilines is 2. The van der Waals surface area contributed by atoms with Crippen molar-refractivity contribution in [3.8, 4) is 21.8 Å². The highest BCUT2D eigenvalue weighted by molar-refractivity contribution is 7.18. The molecule has 30 heavy (non-hydrogen) atoms. The summed E-state index contributed by atoms with van der Waals surface area (Å²) in [6, 6.07) is 10.4. The molecule has 2 heterocycles. The first kappa shape index (κ1) is 22.1. The number of aromatic nitrogens is 3. The number of thiazole rings is 1. The Morgan fingerprint density at radius 3 is 2.53 bits per heavy atom. The molecule has 0 radical (unpaired) electrons. The molecule has 160 valence electrons. The summed E-state index contributed by atoms with van der Waals surface area (Å²) in [7, 11) is 4.09. The minimum atomic E-state index is -0.0879. The molecule has 0 aliphatic rings. The lowest BCUT2D eigenvalue weighted by Crippen LogP contribution is -2.21. The number of likely N-dealkylation sites (N-methyl/N-ethyl adjacent to an activating group) is 1. The van der Waals surface area contributed by atoms with Gasteiger partial charge in [0.15, 0.2) is 5.13 Å². The third-order valence-electron chi connectivity index (χ3n) is 4.47. The predicted molar refractivity (Wildman–Crippen MR) is 127 cm³/mol. The Kier molecular flexibility index (Phi) is 7.36. The van der Waals surface area contributed by atoms with Crippen LogP contribution in [0.5, 0.6) is 0 Å². The van der Waals surface area contributed by atoms with Gasteiger partial charge in [0.05, 0.1) is 16.3 Å². The Labute approximate surface area is 182 Å². The second kappa shape index (κ2) is 9.97. The molecule has 8 heteroatoms. The molecule has 2 aromatic heterocycles. The van der Waals surface area contributed by atoms with Crippen molar-refractivity contribution in [2.45, 2.75) is 32.9 Å². The van der Waals surface area contributed by atoms with Crippen LogP contribution in [0.25, 0.3) is 21.8 Å². The predicted octanol–water partition coefficient (Wildman–Crippen LogP) is 4.08. The summed E-state index contributed by atoms with van der Waals surface area (Å²) >= 11 is 1.59. The number of nitrogens with one attached hydrogen (secondary N) is 2. The zero-order valence-corrected chi connectivity index (χ0v) is 19.1. The lowest BCUT2D eigenvalue weighted by molar-refractivity contribution is 0.425. The lowest BCUT2D eigenvalue weighted by atomic mass is 9.99. The van der Waals surface area contributed by atoms with Crippen molar-refractivity contribution < 1.29 is 0 Å². The average Bonchev–Trinajstić information content (AvgIpc) is 3.15. The molecule has 0 amide bonds. The first-order chi connectivity index (χ1) is 14.3. The van der Waals surface area contributed by atoms with Gasteiger partial charge in [0, 0.05) is 36.9 Å². The van der Waals surface area contributed by atoms with E-state index in [-0.39, 0.29) is 6.04 Å². The van der Waals surface area contributed by atoms with Crippen molar-refractivity contribution in [1.82, 2.24) is 19.9 Å². The summed E-state index contributed by atoms with van der Waals surface area (Å²) in [6.07, 6.45) is 1.86. The largest absolute Gasteiger partial charge is 0.359 e. The van der Waals surface area contributed by atoms with Gasteiger partial charge in [-0.2, -0.15) is 0 Å². The summed E-state index contributed by atoms with van der Waals surface area (Å²) in [5.41, 5.74) is 10.0. The second-order valence-electron chi connectivity index (χ2n) is 7.90. The fourth-order valence-electron chi connectivity index (χ4n) is 3.02. The third kappa shape index (κ3) is 5.75. The molecule has 0 aliphatic heterocycles. The topological polar surface area (TPSA) is 92.0 Å². The standard InChI is InChI=1S/C22H31N7S/c1-14(2)26-22-25-13-20(30-22)19-12-18(17-9-7-6-8-16(17)15(3)23)27-21(28-19)24-10-11-29(4)5/h6-9,12-15H,10-11,23H2,1-5H3,(H,25,26)(H,24,27,28). The molecule has 0 spiro atoms. The monoisotopic (exact) mass is 425 g/mol. The van der Waals surface area contributed by atoms with Crippen molar-refractivity contribution in [3.05, 3.63) is 42.1 Å². The molecule has 0 bridgehead atoms. The van der Waals surface area contributed by atoms with E-state index in [9.17, 15) is 0 Å². The number of rotatable bonds is 9. The Morgan fingerprint density at radius 1 is 1.10 bits per heavy atom. The van der Waals surface area contributed by atoms with Crippen LogP contribution in [-0.4, -0.2) is 53.1 Å². The molecule has 1 atom stereocenters. The van der Waals surface area contributed by atoms with Gasteiger partial charge in [-0.1, -0.05) is 35.6 Å². The van der Waals surface area contributed by atoms with Crippen LogP contribution in [0, 0.1) is 0 Å². The number of benzene rings is 1. The van der Waals surface area contributed by atoms with E-state index < -0.39 is 0 Å². The van der Waals surface area contributed by atoms with Crippen molar-refractivity contribution in [3.63, 3.8) is 0 Å². The molecule has 0 saturated heterocycles. The highest BCUT2D eigenvalue weighted by Crippen LogP contribution is 2.33. The van der Waals surface area contributed by atoms with Gasteiger partial charge in [-0.15, -0.1) is 0 Å². The number of nitrogens with two attached hydrogens (primary N) is 1. The molecule has 4 N–H and O–H groups in total. The van der Waals surface area contributed by atoms with E-state index >= 15 is 0 Å². The molecule has 0 saturated carbocycles. The number of hydrogen-bond acceptors (Lipinski definition) is 8. The number of nitrogens with zero attached hydrogens (tertiary/aromatic N) is 4. The van der Waals surface area contributed by atoms with Gasteiger partial charge in [0.25, 0.3) is 0 Å². The van der Waals surface area contributed by atoms with Crippen LogP contribution in [0.1, 0.15) is 32.4 Å². The van der Waals surface area contributed by atoms with Crippen LogP contribution in [-0.2, 0) is 0 Å². The molecule has 0 fully saturated rings. The maximum Gasteiger partial charge on any atom is 0.223 e. The maximum absolute atomic E-state index is 6.22. The Hall–Kier alpha value is -2.55. The zero-order valence-electron chi connectivity index (χ0n) is 18.3. The van der Waals surface area contributed by atoms with E-state index in [2.05, 4.69) is 46.5 Å². The normalized spacial score (nSPS) is 12.4. The van der Waals surface area contributed by atoms with Gasteiger partial charge in [0.2, 0.25) is 5.95 Å². The summed E-state index contributed by atoms with van der Waals surface area (Å²) in [4.78, 5) is 17.2. The smallest absolute Gasteiger partial charge is 0.223 e. The molecular formula is C22H31N7S. The highest BCUT2D eigenvalue weighted by Gasteiger charge is 2.15. The Morgan fingerprint density at radius 2 is 1.83 bits per heavy atom. The second-order valence-corrected chi connectivity index (χ2v) is 8.93. The van der Waals surface area contributed by atoms with Crippen LogP contribution in [0.15, 0.2) is 36.5 Å². The molecule has 1 unspecified atom stereocenters. The van der Waals surface area contributed by atoms with Gasteiger partial charge in [-0.3, -0.25) is 0 Å². The molecule has 3 aromatic rings. The average molecular weight is 426 g/mol. The first-order valence-electron chi connectivity index (χ1n) is 10.2. The Bertz CT molecular complexity index is 966. The van der Waals surface area contributed by atoms with Crippen LogP contribution in [0.3, 0.4) is 0 Å². The van der Waals surface area contributed by atoms with Crippen molar-refractivity contribution in [1.29, 1.82) is 0 Å². The minimum absolute atomic E-state index is 0.0879. The molecule has 3 rings (SSSR count). The van der Waals surface area contributed by atoms with Crippen molar-refractivity contribution in [2.24, 2.45) is 5.73 Å². The molecule has 1 aromatic carbocycles. The van der Waals surface area contributed by atoms with Crippen LogP contribution >= 0.6 is 11.3 Å². The minimum Gasteiger partial charge on any atom is -0.359 e. The van der Waals surface area contributed by atoms with Gasteiger partial charge in [-0.25, -0.2) is 15.0 Å². The van der Waals surface area contributed by atoms with Crippen LogP contribution in [0.2, 0.25) is 0 Å². The fraction of sp³-hybridized carbons (Fsp3) is 0.409. The maximum atomic E-state index is 6.22. The first-order valence-corrected chi connectivity index (χ1v) is 11.0. The van der Waals surface area contributed by atoms with Crippen molar-refractivity contribution in [2.75, 3.05) is 37.8 Å². The zero-order chi connectivity index (χ0) is 21.7. The quantitative estimate of drug-likeness (QED) is 0.476. The summed E-state index contributed by atoms with van der Waals surface area (Å²) < 4.78 is 0. The van der Waals surface area contributed by atoms with E-state index in [0.717, 1.165) is 45.6 Å². The summed E-state index contributed by atoms with van der Waals surface area (Å²) in [5.74, 6) is 0.607. The Balaban J connectivity index is 2.02. The van der Waals surface area contributed by atoms with E-state index in [4.69, 9.17) is 15.7 Å². The van der Waals surface area contributed by atoms with Gasteiger partial charge in [0.1, 0.15) is 0 Å². The van der Waals surface area contributed by atoms with Crippen LogP contribution < -0.4 is 16.4 Å². The third-order valence-corrected chi connectivity index (χ3v) is 5.42. The van der Waals surface area contributed by atoms with Gasteiger partial charge >= 0.3 is 0 Å². The number of hydrogen-bond donors (Lipinski definition) is 3. The molecule has 0 aliphatic carbocycles. The van der Waals surface area contributed by atoms with E-state index in [1.54, 1.807) is 11.3 Å². The molecule has 7 nitrogen and oxygen atoms in total. The van der Waals surface area contributed by atoms with E-state index in [0.29, 0.717) is 12.0 Å².